The van der Waals surface area contributed by atoms with Crippen molar-refractivity contribution in [2.75, 3.05) is 12.4 Å². The first-order chi connectivity index (χ1) is 11.0. The topological polar surface area (TPSA) is 84.2 Å². The van der Waals surface area contributed by atoms with Crippen LogP contribution in [0.2, 0.25) is 0 Å². The Morgan fingerprint density at radius 3 is 2.43 bits per heavy atom. The molecular formula is C18H21N3O2. The first kappa shape index (κ1) is 16.7. The number of hydrogen-bond donors (Lipinski definition) is 3. The first-order valence-electron chi connectivity index (χ1n) is 7.44. The van der Waals surface area contributed by atoms with Gasteiger partial charge in [0.15, 0.2) is 0 Å². The Morgan fingerprint density at radius 2 is 1.83 bits per heavy atom. The third kappa shape index (κ3) is 4.40. The Kier molecular flexibility index (Phi) is 5.49. The third-order valence-corrected chi connectivity index (χ3v) is 3.61. The van der Waals surface area contributed by atoms with E-state index < -0.39 is 6.04 Å². The Morgan fingerprint density at radius 1 is 1.13 bits per heavy atom. The molecule has 2 aromatic carbocycles. The van der Waals surface area contributed by atoms with Gasteiger partial charge in [0.1, 0.15) is 0 Å². The van der Waals surface area contributed by atoms with Crippen LogP contribution in [0.1, 0.15) is 21.5 Å². The molecule has 2 rings (SSSR count). The maximum Gasteiger partial charge on any atom is 0.251 e. The summed E-state index contributed by atoms with van der Waals surface area (Å²) in [6.45, 7) is 1.84. The number of anilines is 1. The summed E-state index contributed by atoms with van der Waals surface area (Å²) in [5.41, 5.74) is 9.01. The largest absolute Gasteiger partial charge is 0.355 e. The van der Waals surface area contributed by atoms with Gasteiger partial charge in [0.25, 0.3) is 5.91 Å². The minimum Gasteiger partial charge on any atom is -0.355 e. The average molecular weight is 311 g/mol. The summed E-state index contributed by atoms with van der Waals surface area (Å²) in [4.78, 5) is 23.8. The molecule has 0 aliphatic carbocycles. The van der Waals surface area contributed by atoms with E-state index in [1.165, 1.54) is 0 Å². The molecule has 5 heteroatoms. The van der Waals surface area contributed by atoms with Crippen LogP contribution in [-0.2, 0) is 11.2 Å². The number of benzene rings is 2. The summed E-state index contributed by atoms with van der Waals surface area (Å²) < 4.78 is 0. The second-order valence-corrected chi connectivity index (χ2v) is 5.39. The monoisotopic (exact) mass is 311 g/mol. The van der Waals surface area contributed by atoms with Crippen LogP contribution in [0.5, 0.6) is 0 Å². The van der Waals surface area contributed by atoms with Crippen LogP contribution >= 0.6 is 0 Å². The van der Waals surface area contributed by atoms with Gasteiger partial charge in [-0.3, -0.25) is 9.59 Å². The molecule has 1 atom stereocenters. The number of carbonyl (C=O) groups excluding carboxylic acids is 2. The van der Waals surface area contributed by atoms with Gasteiger partial charge in [0.2, 0.25) is 5.91 Å². The number of carbonyl (C=O) groups is 2. The molecule has 23 heavy (non-hydrogen) atoms. The molecular weight excluding hydrogens is 290 g/mol. The lowest BCUT2D eigenvalue weighted by Gasteiger charge is -2.14. The number of nitrogens with one attached hydrogen (secondary N) is 2. The molecule has 2 aromatic rings. The zero-order valence-electron chi connectivity index (χ0n) is 13.3. The third-order valence-electron chi connectivity index (χ3n) is 3.61. The molecule has 0 aromatic heterocycles. The predicted octanol–water partition coefficient (Wildman–Crippen LogP) is 1.86. The standard InChI is InChI=1S/C18H21N3O2/c1-12-10-14(17(22)20-2)8-9-16(12)21-18(23)15(19)11-13-6-4-3-5-7-13/h3-10,15H,11,19H2,1-2H3,(H,20,22)(H,21,23)/t15-/m1/s1. The van der Waals surface area contributed by atoms with E-state index in [9.17, 15) is 9.59 Å². The van der Waals surface area contributed by atoms with Gasteiger partial charge in [-0.05, 0) is 42.7 Å². The summed E-state index contributed by atoms with van der Waals surface area (Å²) in [5.74, 6) is -0.406. The maximum atomic E-state index is 12.2. The van der Waals surface area contributed by atoms with Crippen molar-refractivity contribution in [1.29, 1.82) is 0 Å². The van der Waals surface area contributed by atoms with E-state index in [1.807, 2.05) is 37.3 Å². The van der Waals surface area contributed by atoms with E-state index in [4.69, 9.17) is 5.73 Å². The highest BCUT2D eigenvalue weighted by Gasteiger charge is 2.15. The minimum absolute atomic E-state index is 0.160. The summed E-state index contributed by atoms with van der Waals surface area (Å²) in [6, 6.07) is 14.1. The first-order valence-corrected chi connectivity index (χ1v) is 7.44. The predicted molar refractivity (Wildman–Crippen MR) is 91.3 cm³/mol. The van der Waals surface area contributed by atoms with Crippen LogP contribution in [0.3, 0.4) is 0 Å². The number of aryl methyl sites for hydroxylation is 1. The van der Waals surface area contributed by atoms with Gasteiger partial charge in [0.05, 0.1) is 6.04 Å². The van der Waals surface area contributed by atoms with E-state index in [-0.39, 0.29) is 11.8 Å². The molecule has 0 unspecified atom stereocenters. The van der Waals surface area contributed by atoms with Gasteiger partial charge < -0.3 is 16.4 Å². The lowest BCUT2D eigenvalue weighted by Crippen LogP contribution is -2.37. The van der Waals surface area contributed by atoms with E-state index >= 15 is 0 Å². The van der Waals surface area contributed by atoms with Crippen molar-refractivity contribution in [3.05, 3.63) is 65.2 Å². The molecule has 0 heterocycles. The highest BCUT2D eigenvalue weighted by Crippen LogP contribution is 2.17. The van der Waals surface area contributed by atoms with E-state index in [0.29, 0.717) is 17.7 Å². The summed E-state index contributed by atoms with van der Waals surface area (Å²) in [5, 5.41) is 5.39. The normalized spacial score (nSPS) is 11.6. The Hall–Kier alpha value is -2.66. The highest BCUT2D eigenvalue weighted by molar-refractivity contribution is 5.97. The second-order valence-electron chi connectivity index (χ2n) is 5.39. The van der Waals surface area contributed by atoms with Crippen LogP contribution in [0.15, 0.2) is 48.5 Å². The van der Waals surface area contributed by atoms with Crippen LogP contribution in [0, 0.1) is 6.92 Å². The van der Waals surface area contributed by atoms with Crippen molar-refractivity contribution in [2.24, 2.45) is 5.73 Å². The van der Waals surface area contributed by atoms with Crippen molar-refractivity contribution in [1.82, 2.24) is 5.32 Å². The van der Waals surface area contributed by atoms with Crippen molar-refractivity contribution in [2.45, 2.75) is 19.4 Å². The molecule has 5 nitrogen and oxygen atoms in total. The molecule has 0 aliphatic heterocycles. The van der Waals surface area contributed by atoms with Gasteiger partial charge in [-0.25, -0.2) is 0 Å². The Balaban J connectivity index is 2.03. The van der Waals surface area contributed by atoms with Crippen molar-refractivity contribution in [3.63, 3.8) is 0 Å². The fraction of sp³-hybridized carbons (Fsp3) is 0.222. The molecule has 0 bridgehead atoms. The molecule has 2 amide bonds. The Bertz CT molecular complexity index is 699. The quantitative estimate of drug-likeness (QED) is 0.788. The molecule has 0 fully saturated rings. The van der Waals surface area contributed by atoms with Crippen molar-refractivity contribution >= 4 is 17.5 Å². The van der Waals surface area contributed by atoms with E-state index in [1.54, 1.807) is 25.2 Å². The van der Waals surface area contributed by atoms with E-state index in [2.05, 4.69) is 10.6 Å². The summed E-state index contributed by atoms with van der Waals surface area (Å²) >= 11 is 0. The molecule has 0 spiro atoms. The molecule has 0 aliphatic rings. The smallest absolute Gasteiger partial charge is 0.251 e. The van der Waals surface area contributed by atoms with Crippen LogP contribution in [0.25, 0.3) is 0 Å². The second kappa shape index (κ2) is 7.56. The Labute approximate surface area is 135 Å². The lowest BCUT2D eigenvalue weighted by atomic mass is 10.1. The van der Waals surface area contributed by atoms with Crippen molar-refractivity contribution in [3.8, 4) is 0 Å². The molecule has 0 saturated heterocycles. The van der Waals surface area contributed by atoms with Gasteiger partial charge in [-0.2, -0.15) is 0 Å². The molecule has 120 valence electrons. The van der Waals surface area contributed by atoms with Gasteiger partial charge in [-0.1, -0.05) is 30.3 Å². The van der Waals surface area contributed by atoms with Gasteiger partial charge >= 0.3 is 0 Å². The van der Waals surface area contributed by atoms with Gasteiger partial charge in [0, 0.05) is 18.3 Å². The maximum absolute atomic E-state index is 12.2. The van der Waals surface area contributed by atoms with Crippen LogP contribution < -0.4 is 16.4 Å². The number of rotatable bonds is 5. The fourth-order valence-corrected chi connectivity index (χ4v) is 2.28. The molecule has 0 saturated carbocycles. The van der Waals surface area contributed by atoms with Gasteiger partial charge in [-0.15, -0.1) is 0 Å². The number of amides is 2. The fourth-order valence-electron chi connectivity index (χ4n) is 2.28. The average Bonchev–Trinajstić information content (AvgIpc) is 2.56. The van der Waals surface area contributed by atoms with Crippen LogP contribution in [0.4, 0.5) is 5.69 Å². The SMILES string of the molecule is CNC(=O)c1ccc(NC(=O)[C@H](N)Cc2ccccc2)c(C)c1. The zero-order valence-corrected chi connectivity index (χ0v) is 13.3. The number of nitrogens with two attached hydrogens (primary N) is 1. The van der Waals surface area contributed by atoms with E-state index in [0.717, 1.165) is 11.1 Å². The van der Waals surface area contributed by atoms with Crippen molar-refractivity contribution < 1.29 is 9.59 Å². The minimum atomic E-state index is -0.629. The number of hydrogen-bond acceptors (Lipinski definition) is 3. The van der Waals surface area contributed by atoms with Crippen LogP contribution in [-0.4, -0.2) is 24.9 Å². The molecule has 4 N–H and O–H groups in total. The summed E-state index contributed by atoms with van der Waals surface area (Å²) in [6.07, 6.45) is 0.474. The summed E-state index contributed by atoms with van der Waals surface area (Å²) in [7, 11) is 1.58. The zero-order chi connectivity index (χ0) is 16.8. The highest BCUT2D eigenvalue weighted by atomic mass is 16.2. The lowest BCUT2D eigenvalue weighted by molar-refractivity contribution is -0.117. The molecule has 0 radical (unpaired) electrons.